The van der Waals surface area contributed by atoms with E-state index in [1.807, 2.05) is 0 Å². The lowest BCUT2D eigenvalue weighted by Gasteiger charge is -2.19. The first-order valence-corrected chi connectivity index (χ1v) is 10.6. The van der Waals surface area contributed by atoms with Gasteiger partial charge in [0.1, 0.15) is 5.69 Å². The molecule has 33 heavy (non-hydrogen) atoms. The lowest BCUT2D eigenvalue weighted by molar-refractivity contribution is -0.141. The summed E-state index contributed by atoms with van der Waals surface area (Å²) in [6, 6.07) is 6.70. The number of halogens is 3. The molecule has 0 radical (unpaired) electrons. The summed E-state index contributed by atoms with van der Waals surface area (Å²) in [5.41, 5.74) is 5.50. The maximum absolute atomic E-state index is 13.5. The fourth-order valence-electron chi connectivity index (χ4n) is 3.56. The quantitative estimate of drug-likeness (QED) is 0.514. The third kappa shape index (κ3) is 5.22. The van der Waals surface area contributed by atoms with Crippen LogP contribution in [0.5, 0.6) is 0 Å². The number of nitrogens with one attached hydrogen (secondary N) is 2. The number of alkyl halides is 3. The number of carbonyl (C=O) groups excluding carboxylic acids is 1. The molecule has 2 aromatic heterocycles. The zero-order valence-electron chi connectivity index (χ0n) is 17.9. The number of rotatable bonds is 6. The largest absolute Gasteiger partial charge is 0.435 e. The minimum absolute atomic E-state index is 0.0219. The first-order chi connectivity index (χ1) is 15.7. The van der Waals surface area contributed by atoms with Crippen LogP contribution in [0.4, 0.5) is 13.2 Å². The first kappa shape index (κ1) is 22.9. The predicted molar refractivity (Wildman–Crippen MR) is 112 cm³/mol. The average molecular weight is 463 g/mol. The van der Waals surface area contributed by atoms with Crippen molar-refractivity contribution in [3.63, 3.8) is 0 Å². The number of carbonyl (C=O) groups is 1. The molecule has 0 unspecified atom stereocenters. The second kappa shape index (κ2) is 9.32. The van der Waals surface area contributed by atoms with Crippen LogP contribution in [0.3, 0.4) is 0 Å². The summed E-state index contributed by atoms with van der Waals surface area (Å²) in [7, 11) is 0. The van der Waals surface area contributed by atoms with Gasteiger partial charge >= 0.3 is 6.18 Å². The van der Waals surface area contributed by atoms with Crippen LogP contribution in [0.25, 0.3) is 17.3 Å². The molecule has 0 saturated carbocycles. The molecule has 2 atom stereocenters. The molecule has 4 N–H and O–H groups in total. The average Bonchev–Trinajstić information content (AvgIpc) is 3.45. The summed E-state index contributed by atoms with van der Waals surface area (Å²) in [4.78, 5) is 11.7. The van der Waals surface area contributed by atoms with Gasteiger partial charge in [0.2, 0.25) is 11.8 Å². The highest BCUT2D eigenvalue weighted by atomic mass is 19.4. The highest BCUT2D eigenvalue weighted by molar-refractivity contribution is 5.80. The second-order valence-electron chi connectivity index (χ2n) is 7.95. The van der Waals surface area contributed by atoms with Crippen LogP contribution in [0.15, 0.2) is 34.7 Å². The number of nitrogens with zero attached hydrogens (tertiary/aromatic N) is 4. The minimum Gasteiger partial charge on any atom is -0.418 e. The normalized spacial score (nSPS) is 17.7. The minimum atomic E-state index is -4.66. The summed E-state index contributed by atoms with van der Waals surface area (Å²) in [6.07, 6.45) is -1.81. The van der Waals surface area contributed by atoms with Crippen LogP contribution in [0.2, 0.25) is 0 Å². The van der Waals surface area contributed by atoms with E-state index in [2.05, 4.69) is 25.9 Å². The van der Waals surface area contributed by atoms with E-state index in [-0.39, 0.29) is 30.1 Å². The lowest BCUT2D eigenvalue weighted by atomic mass is 10.1. The van der Waals surface area contributed by atoms with Gasteiger partial charge in [-0.1, -0.05) is 18.6 Å². The molecule has 3 heterocycles. The van der Waals surface area contributed by atoms with Gasteiger partial charge in [0.05, 0.1) is 17.8 Å². The first-order valence-electron chi connectivity index (χ1n) is 10.6. The SMILES string of the molecule is C[C@H](N)C(=O)NCc1cccc(-n2nc(C(F)(F)F)cc2-c2nnc([C@H]3CCCCN3)o2)c1. The van der Waals surface area contributed by atoms with Gasteiger partial charge in [0.15, 0.2) is 5.69 Å². The highest BCUT2D eigenvalue weighted by Crippen LogP contribution is 2.33. The number of hydrogen-bond donors (Lipinski definition) is 3. The summed E-state index contributed by atoms with van der Waals surface area (Å²) in [6.45, 7) is 2.53. The van der Waals surface area contributed by atoms with Crippen LogP contribution in [-0.4, -0.2) is 38.5 Å². The molecule has 0 spiro atoms. The third-order valence-electron chi connectivity index (χ3n) is 5.30. The Labute approximate surface area is 187 Å². The molecule has 9 nitrogen and oxygen atoms in total. The van der Waals surface area contributed by atoms with Gasteiger partial charge in [-0.05, 0) is 44.0 Å². The van der Waals surface area contributed by atoms with Crippen molar-refractivity contribution in [3.05, 3.63) is 47.5 Å². The summed E-state index contributed by atoms with van der Waals surface area (Å²) in [5.74, 6) is -0.0661. The van der Waals surface area contributed by atoms with Gasteiger partial charge in [0.25, 0.3) is 5.89 Å². The topological polar surface area (TPSA) is 124 Å². The van der Waals surface area contributed by atoms with Crippen molar-refractivity contribution in [2.45, 2.75) is 51.0 Å². The Morgan fingerprint density at radius 2 is 2.15 bits per heavy atom. The van der Waals surface area contributed by atoms with Crippen molar-refractivity contribution in [2.24, 2.45) is 5.73 Å². The van der Waals surface area contributed by atoms with Crippen LogP contribution >= 0.6 is 0 Å². The number of benzene rings is 1. The molecule has 1 aromatic carbocycles. The van der Waals surface area contributed by atoms with Crippen LogP contribution < -0.4 is 16.4 Å². The molecular formula is C21H24F3N7O2. The Morgan fingerprint density at radius 3 is 2.85 bits per heavy atom. The van der Waals surface area contributed by atoms with Crippen LogP contribution in [0.1, 0.15) is 49.4 Å². The van der Waals surface area contributed by atoms with Gasteiger partial charge in [-0.2, -0.15) is 18.3 Å². The Balaban J connectivity index is 1.67. The van der Waals surface area contributed by atoms with E-state index in [4.69, 9.17) is 10.2 Å². The Morgan fingerprint density at radius 1 is 1.33 bits per heavy atom. The number of piperidine rings is 1. The highest BCUT2D eigenvalue weighted by Gasteiger charge is 2.36. The standard InChI is InChI=1S/C21H24F3N7O2/c1-12(25)18(32)27-11-13-5-4-6-14(9-13)31-16(10-17(30-31)21(22,23)24)20-29-28-19(33-20)15-7-2-3-8-26-15/h4-6,9-10,12,15,26H,2-3,7-8,11,25H2,1H3,(H,27,32)/t12-,15+/m0/s1. The molecule has 12 heteroatoms. The number of amides is 1. The van der Waals surface area contributed by atoms with Crippen molar-refractivity contribution >= 4 is 5.91 Å². The lowest BCUT2D eigenvalue weighted by Crippen LogP contribution is -2.37. The van der Waals surface area contributed by atoms with Crippen molar-refractivity contribution in [2.75, 3.05) is 6.54 Å². The van der Waals surface area contributed by atoms with E-state index in [1.54, 1.807) is 31.2 Å². The van der Waals surface area contributed by atoms with Crippen molar-refractivity contribution in [1.82, 2.24) is 30.6 Å². The summed E-state index contributed by atoms with van der Waals surface area (Å²) >= 11 is 0. The molecule has 1 fully saturated rings. The van der Waals surface area contributed by atoms with E-state index in [0.29, 0.717) is 17.1 Å². The monoisotopic (exact) mass is 463 g/mol. The predicted octanol–water partition coefficient (Wildman–Crippen LogP) is 2.72. The Kier molecular flexibility index (Phi) is 6.47. The number of hydrogen-bond acceptors (Lipinski definition) is 7. The Hall–Kier alpha value is -3.25. The van der Waals surface area contributed by atoms with E-state index in [9.17, 15) is 18.0 Å². The van der Waals surface area contributed by atoms with Crippen molar-refractivity contribution in [3.8, 4) is 17.3 Å². The van der Waals surface area contributed by atoms with Crippen molar-refractivity contribution < 1.29 is 22.4 Å². The summed E-state index contributed by atoms with van der Waals surface area (Å²) < 4.78 is 47.2. The smallest absolute Gasteiger partial charge is 0.418 e. The van der Waals surface area contributed by atoms with E-state index in [1.165, 1.54) is 0 Å². The molecule has 0 aliphatic carbocycles. The summed E-state index contributed by atoms with van der Waals surface area (Å²) in [5, 5.41) is 17.7. The molecule has 1 saturated heterocycles. The molecule has 1 amide bonds. The van der Waals surface area contributed by atoms with Gasteiger partial charge < -0.3 is 20.8 Å². The van der Waals surface area contributed by atoms with Gasteiger partial charge in [-0.3, -0.25) is 4.79 Å². The zero-order chi connectivity index (χ0) is 23.6. The van der Waals surface area contributed by atoms with Gasteiger partial charge in [-0.15, -0.1) is 10.2 Å². The van der Waals surface area contributed by atoms with Crippen LogP contribution in [0, 0.1) is 0 Å². The third-order valence-corrected chi connectivity index (χ3v) is 5.30. The Bertz CT molecular complexity index is 1120. The van der Waals surface area contributed by atoms with Crippen molar-refractivity contribution in [1.29, 1.82) is 0 Å². The maximum Gasteiger partial charge on any atom is 0.435 e. The van der Waals surface area contributed by atoms with E-state index in [0.717, 1.165) is 36.6 Å². The fourth-order valence-corrected chi connectivity index (χ4v) is 3.56. The molecule has 1 aliphatic heterocycles. The fraction of sp³-hybridized carbons (Fsp3) is 0.429. The molecule has 0 bridgehead atoms. The second-order valence-corrected chi connectivity index (χ2v) is 7.95. The van der Waals surface area contributed by atoms with Gasteiger partial charge in [-0.25, -0.2) is 4.68 Å². The van der Waals surface area contributed by atoms with Crippen LogP contribution in [-0.2, 0) is 17.5 Å². The van der Waals surface area contributed by atoms with Gasteiger partial charge in [0, 0.05) is 12.6 Å². The van der Waals surface area contributed by atoms with E-state index >= 15 is 0 Å². The molecule has 176 valence electrons. The molecule has 1 aliphatic rings. The molecular weight excluding hydrogens is 439 g/mol. The maximum atomic E-state index is 13.5. The zero-order valence-corrected chi connectivity index (χ0v) is 17.9. The molecule has 3 aromatic rings. The molecule has 4 rings (SSSR count). The number of aromatic nitrogens is 4. The van der Waals surface area contributed by atoms with E-state index < -0.39 is 17.9 Å². The number of nitrogens with two attached hydrogens (primary N) is 1.